The summed E-state index contributed by atoms with van der Waals surface area (Å²) >= 11 is 5.98. The van der Waals surface area contributed by atoms with Gasteiger partial charge in [0, 0.05) is 31.5 Å². The first-order valence-corrected chi connectivity index (χ1v) is 7.08. The Morgan fingerprint density at radius 1 is 1.47 bits per heavy atom. The topological polar surface area (TPSA) is 46.6 Å². The smallest absolute Gasteiger partial charge is 0.137 e. The maximum absolute atomic E-state index is 5.98. The zero-order chi connectivity index (χ0) is 13.4. The Morgan fingerprint density at radius 3 is 2.95 bits per heavy atom. The summed E-state index contributed by atoms with van der Waals surface area (Å²) in [6.45, 7) is 1.55. The fraction of sp³-hybridized carbons (Fsp3) is 0.500. The van der Waals surface area contributed by atoms with Gasteiger partial charge in [-0.15, -0.1) is 0 Å². The maximum atomic E-state index is 5.98. The molecule has 3 rings (SSSR count). The van der Waals surface area contributed by atoms with Crippen molar-refractivity contribution in [1.29, 1.82) is 0 Å². The summed E-state index contributed by atoms with van der Waals surface area (Å²) in [7, 11) is 2.13. The number of halogens is 1. The van der Waals surface area contributed by atoms with Gasteiger partial charge in [-0.1, -0.05) is 11.6 Å². The molecule has 5 heteroatoms. The van der Waals surface area contributed by atoms with E-state index in [2.05, 4.69) is 16.9 Å². The van der Waals surface area contributed by atoms with E-state index in [9.17, 15) is 0 Å². The number of hydrogen-bond acceptors (Lipinski definition) is 3. The van der Waals surface area contributed by atoms with Crippen molar-refractivity contribution in [2.24, 2.45) is 11.7 Å². The van der Waals surface area contributed by atoms with Gasteiger partial charge in [0.25, 0.3) is 0 Å². The summed E-state index contributed by atoms with van der Waals surface area (Å²) in [6.07, 6.45) is 6.55. The minimum absolute atomic E-state index is 0.480. The molecule has 2 aromatic rings. The van der Waals surface area contributed by atoms with Gasteiger partial charge >= 0.3 is 0 Å². The molecule has 2 aromatic heterocycles. The van der Waals surface area contributed by atoms with Crippen LogP contribution in [-0.2, 0) is 6.54 Å². The van der Waals surface area contributed by atoms with E-state index in [1.165, 1.54) is 12.8 Å². The lowest BCUT2D eigenvalue weighted by molar-refractivity contribution is 0.213. The summed E-state index contributed by atoms with van der Waals surface area (Å²) in [6, 6.07) is 4.28. The molecular formula is C14H19ClN4. The summed E-state index contributed by atoms with van der Waals surface area (Å²) in [5.74, 6) is 0.779. The van der Waals surface area contributed by atoms with E-state index in [1.54, 1.807) is 0 Å². The van der Waals surface area contributed by atoms with Crippen LogP contribution < -0.4 is 5.73 Å². The lowest BCUT2D eigenvalue weighted by Crippen LogP contribution is -2.39. The molecule has 0 aliphatic heterocycles. The molecule has 0 aromatic carbocycles. The molecule has 1 aliphatic rings. The van der Waals surface area contributed by atoms with E-state index in [-0.39, 0.29) is 0 Å². The number of fused-ring (bicyclic) bond motifs is 1. The van der Waals surface area contributed by atoms with Crippen molar-refractivity contribution in [1.82, 2.24) is 14.3 Å². The molecule has 0 spiro atoms. The van der Waals surface area contributed by atoms with Crippen LogP contribution >= 0.6 is 11.6 Å². The van der Waals surface area contributed by atoms with Crippen LogP contribution in [0, 0.1) is 5.92 Å². The number of aromatic nitrogens is 2. The average molecular weight is 279 g/mol. The Bertz CT molecular complexity index is 576. The molecule has 0 saturated heterocycles. The average Bonchev–Trinajstić information content (AvgIpc) is 3.11. The van der Waals surface area contributed by atoms with Crippen molar-refractivity contribution < 1.29 is 0 Å². The fourth-order valence-corrected chi connectivity index (χ4v) is 2.85. The molecule has 1 saturated carbocycles. The van der Waals surface area contributed by atoms with Crippen LogP contribution in [0.2, 0.25) is 5.02 Å². The Hall–Kier alpha value is -1.10. The Balaban J connectivity index is 1.76. The highest BCUT2D eigenvalue weighted by Crippen LogP contribution is 2.34. The highest BCUT2D eigenvalue weighted by molar-refractivity contribution is 6.30. The Kier molecular flexibility index (Phi) is 3.48. The molecule has 4 nitrogen and oxygen atoms in total. The van der Waals surface area contributed by atoms with Gasteiger partial charge in [-0.3, -0.25) is 4.90 Å². The van der Waals surface area contributed by atoms with Crippen LogP contribution in [0.25, 0.3) is 5.65 Å². The van der Waals surface area contributed by atoms with Gasteiger partial charge in [-0.2, -0.15) is 0 Å². The van der Waals surface area contributed by atoms with Gasteiger partial charge in [0.05, 0.1) is 10.7 Å². The van der Waals surface area contributed by atoms with E-state index >= 15 is 0 Å². The van der Waals surface area contributed by atoms with Crippen molar-refractivity contribution in [3.05, 3.63) is 35.2 Å². The molecule has 1 fully saturated rings. The third-order valence-corrected chi connectivity index (χ3v) is 4.07. The minimum Gasteiger partial charge on any atom is -0.329 e. The van der Waals surface area contributed by atoms with E-state index in [1.807, 2.05) is 28.9 Å². The molecule has 102 valence electrons. The largest absolute Gasteiger partial charge is 0.329 e. The SMILES string of the molecule is CN(Cc1cn2cc(Cl)ccc2n1)C(CN)C1CC1. The second kappa shape index (κ2) is 5.12. The van der Waals surface area contributed by atoms with Crippen LogP contribution in [0.3, 0.4) is 0 Å². The monoisotopic (exact) mass is 278 g/mol. The van der Waals surface area contributed by atoms with Gasteiger partial charge in [-0.05, 0) is 37.9 Å². The number of imidazole rings is 1. The second-order valence-electron chi connectivity index (χ2n) is 5.40. The molecule has 1 atom stereocenters. The van der Waals surface area contributed by atoms with Crippen LogP contribution in [0.5, 0.6) is 0 Å². The first-order valence-electron chi connectivity index (χ1n) is 6.71. The molecular weight excluding hydrogens is 260 g/mol. The van der Waals surface area contributed by atoms with Crippen molar-refractivity contribution in [2.45, 2.75) is 25.4 Å². The third-order valence-electron chi connectivity index (χ3n) is 3.85. The number of likely N-dealkylation sites (N-methyl/N-ethyl adjacent to an activating group) is 1. The lowest BCUT2D eigenvalue weighted by atomic mass is 10.1. The fourth-order valence-electron chi connectivity index (χ4n) is 2.68. The van der Waals surface area contributed by atoms with Crippen LogP contribution in [0.4, 0.5) is 0 Å². The predicted molar refractivity (Wildman–Crippen MR) is 77.2 cm³/mol. The standard InChI is InChI=1S/C14H19ClN4/c1-18(13(6-16)10-2-3-10)8-12-9-19-7-11(15)4-5-14(19)17-12/h4-5,7,9-10,13H,2-3,6,8,16H2,1H3. The zero-order valence-electron chi connectivity index (χ0n) is 11.1. The summed E-state index contributed by atoms with van der Waals surface area (Å²) in [4.78, 5) is 6.93. The highest BCUT2D eigenvalue weighted by Gasteiger charge is 2.32. The number of nitrogens with two attached hydrogens (primary N) is 1. The minimum atomic E-state index is 0.480. The molecule has 19 heavy (non-hydrogen) atoms. The van der Waals surface area contributed by atoms with Crippen molar-refractivity contribution >= 4 is 17.2 Å². The van der Waals surface area contributed by atoms with Gasteiger partial charge < -0.3 is 10.1 Å². The summed E-state index contributed by atoms with van der Waals surface area (Å²) in [5, 5.41) is 0.725. The second-order valence-corrected chi connectivity index (χ2v) is 5.84. The lowest BCUT2D eigenvalue weighted by Gasteiger charge is -2.25. The first kappa shape index (κ1) is 12.9. The molecule has 0 bridgehead atoms. The molecule has 1 aliphatic carbocycles. The van der Waals surface area contributed by atoms with Gasteiger partial charge in [-0.25, -0.2) is 4.98 Å². The molecule has 2 heterocycles. The van der Waals surface area contributed by atoms with E-state index in [4.69, 9.17) is 17.3 Å². The Morgan fingerprint density at radius 2 is 2.26 bits per heavy atom. The highest BCUT2D eigenvalue weighted by atomic mass is 35.5. The zero-order valence-corrected chi connectivity index (χ0v) is 11.8. The molecule has 0 amide bonds. The van der Waals surface area contributed by atoms with E-state index in [0.29, 0.717) is 6.04 Å². The van der Waals surface area contributed by atoms with Crippen molar-refractivity contribution in [2.75, 3.05) is 13.6 Å². The van der Waals surface area contributed by atoms with Crippen molar-refractivity contribution in [3.8, 4) is 0 Å². The van der Waals surface area contributed by atoms with Gasteiger partial charge in [0.15, 0.2) is 0 Å². The van der Waals surface area contributed by atoms with E-state index < -0.39 is 0 Å². The van der Waals surface area contributed by atoms with Crippen LogP contribution in [0.1, 0.15) is 18.5 Å². The number of hydrogen-bond donors (Lipinski definition) is 1. The van der Waals surface area contributed by atoms with Gasteiger partial charge in [0.1, 0.15) is 5.65 Å². The van der Waals surface area contributed by atoms with Crippen LogP contribution in [0.15, 0.2) is 24.5 Å². The van der Waals surface area contributed by atoms with E-state index in [0.717, 1.165) is 35.4 Å². The quantitative estimate of drug-likeness (QED) is 0.912. The summed E-state index contributed by atoms with van der Waals surface area (Å²) in [5.41, 5.74) is 7.87. The third kappa shape index (κ3) is 2.76. The number of rotatable bonds is 5. The van der Waals surface area contributed by atoms with Gasteiger partial charge in [0.2, 0.25) is 0 Å². The predicted octanol–water partition coefficient (Wildman–Crippen LogP) is 2.16. The van der Waals surface area contributed by atoms with Crippen molar-refractivity contribution in [3.63, 3.8) is 0 Å². The molecule has 0 radical (unpaired) electrons. The molecule has 1 unspecified atom stereocenters. The van der Waals surface area contributed by atoms with Crippen LogP contribution in [-0.4, -0.2) is 33.9 Å². The Labute approximate surface area is 118 Å². The first-order chi connectivity index (χ1) is 9.17. The maximum Gasteiger partial charge on any atom is 0.137 e. The number of pyridine rings is 1. The summed E-state index contributed by atoms with van der Waals surface area (Å²) < 4.78 is 1.97. The normalized spacial score (nSPS) is 17.3. The number of nitrogens with zero attached hydrogens (tertiary/aromatic N) is 3. The molecule has 2 N–H and O–H groups in total.